The van der Waals surface area contributed by atoms with Crippen molar-refractivity contribution < 1.29 is 0 Å². The summed E-state index contributed by atoms with van der Waals surface area (Å²) in [5.41, 5.74) is 14.0. The maximum Gasteiger partial charge on any atom is 0.323 e. The molecule has 1 atom stereocenters. The average Bonchev–Trinajstić information content (AvgIpc) is 2.75. The zero-order valence-corrected chi connectivity index (χ0v) is 11.1. The van der Waals surface area contributed by atoms with Gasteiger partial charge in [-0.25, -0.2) is 4.79 Å². The highest BCUT2D eigenvalue weighted by Gasteiger charge is 2.06. The number of hydrogen-bond acceptors (Lipinski definition) is 4. The van der Waals surface area contributed by atoms with Crippen molar-refractivity contribution >= 4 is 11.0 Å². The number of fused-ring (bicyclic) bond motifs is 1. The second-order valence-corrected chi connectivity index (χ2v) is 4.97. The van der Waals surface area contributed by atoms with E-state index in [0.29, 0.717) is 6.54 Å². The Labute approximate surface area is 111 Å². The molecule has 1 aromatic carbocycles. The number of nitrogens with zero attached hydrogens (tertiary/aromatic N) is 1. The lowest BCUT2D eigenvalue weighted by Gasteiger charge is -2.20. The first-order valence-corrected chi connectivity index (χ1v) is 6.43. The number of aromatic nitrogens is 2. The van der Waals surface area contributed by atoms with Crippen LogP contribution in [0, 0.1) is 0 Å². The van der Waals surface area contributed by atoms with Crippen LogP contribution in [0.2, 0.25) is 0 Å². The molecular weight excluding hydrogens is 242 g/mol. The minimum Gasteiger partial charge on any atom is -0.329 e. The second kappa shape index (κ2) is 6.01. The number of H-pyrrole nitrogens is 2. The van der Waals surface area contributed by atoms with Crippen molar-refractivity contribution in [3.05, 3.63) is 34.2 Å². The standard InChI is InChI=1S/C13H21N5O/c1-18(8-10(15)7-14)5-4-9-2-3-11-12(6-9)17-13(19)16-11/h2-3,6,10H,4-5,7-8,14-15H2,1H3,(H2,16,17,19). The van der Waals surface area contributed by atoms with E-state index in [-0.39, 0.29) is 11.7 Å². The van der Waals surface area contributed by atoms with E-state index >= 15 is 0 Å². The zero-order chi connectivity index (χ0) is 13.8. The fourth-order valence-corrected chi connectivity index (χ4v) is 2.12. The van der Waals surface area contributed by atoms with Crippen LogP contribution in [0.4, 0.5) is 0 Å². The van der Waals surface area contributed by atoms with Crippen molar-refractivity contribution in [2.45, 2.75) is 12.5 Å². The molecule has 0 aliphatic rings. The van der Waals surface area contributed by atoms with Crippen molar-refractivity contribution in [3.63, 3.8) is 0 Å². The van der Waals surface area contributed by atoms with Gasteiger partial charge in [0.1, 0.15) is 0 Å². The van der Waals surface area contributed by atoms with E-state index in [4.69, 9.17) is 11.5 Å². The van der Waals surface area contributed by atoms with Crippen LogP contribution in [-0.2, 0) is 6.42 Å². The van der Waals surface area contributed by atoms with E-state index in [2.05, 4.69) is 14.9 Å². The first kappa shape index (κ1) is 13.8. The molecule has 0 spiro atoms. The van der Waals surface area contributed by atoms with Gasteiger partial charge in [-0.2, -0.15) is 0 Å². The number of nitrogens with one attached hydrogen (secondary N) is 2. The number of aromatic amines is 2. The van der Waals surface area contributed by atoms with Gasteiger partial charge < -0.3 is 26.3 Å². The first-order valence-electron chi connectivity index (χ1n) is 6.43. The molecule has 0 aliphatic carbocycles. The van der Waals surface area contributed by atoms with Crippen LogP contribution in [-0.4, -0.2) is 47.6 Å². The van der Waals surface area contributed by atoms with Crippen molar-refractivity contribution in [1.29, 1.82) is 0 Å². The average molecular weight is 263 g/mol. The second-order valence-electron chi connectivity index (χ2n) is 4.97. The highest BCUT2D eigenvalue weighted by Crippen LogP contribution is 2.10. The Hall–Kier alpha value is -1.63. The predicted octanol–water partition coefficient (Wildman–Crippen LogP) is -0.383. The third-order valence-electron chi connectivity index (χ3n) is 3.21. The Morgan fingerprint density at radius 2 is 2.05 bits per heavy atom. The molecule has 0 amide bonds. The van der Waals surface area contributed by atoms with Gasteiger partial charge in [0.15, 0.2) is 0 Å². The SMILES string of the molecule is CN(CCc1ccc2[nH]c(=O)[nH]c2c1)CC(N)CN. The number of nitrogens with two attached hydrogens (primary N) is 2. The predicted molar refractivity (Wildman–Crippen MR) is 77.2 cm³/mol. The van der Waals surface area contributed by atoms with Gasteiger partial charge >= 0.3 is 5.69 Å². The van der Waals surface area contributed by atoms with E-state index in [9.17, 15) is 4.79 Å². The van der Waals surface area contributed by atoms with Gasteiger partial charge in [-0.1, -0.05) is 6.07 Å². The Balaban J connectivity index is 1.95. The van der Waals surface area contributed by atoms with Crippen molar-refractivity contribution in [3.8, 4) is 0 Å². The third-order valence-corrected chi connectivity index (χ3v) is 3.21. The number of imidazole rings is 1. The molecule has 2 aromatic rings. The van der Waals surface area contributed by atoms with Gasteiger partial charge in [0.25, 0.3) is 0 Å². The Morgan fingerprint density at radius 3 is 2.79 bits per heavy atom. The summed E-state index contributed by atoms with van der Waals surface area (Å²) in [7, 11) is 2.03. The Morgan fingerprint density at radius 1 is 1.32 bits per heavy atom. The van der Waals surface area contributed by atoms with Crippen LogP contribution in [0.5, 0.6) is 0 Å². The lowest BCUT2D eigenvalue weighted by Crippen LogP contribution is -2.41. The van der Waals surface area contributed by atoms with Gasteiger partial charge in [-0.15, -0.1) is 0 Å². The topological polar surface area (TPSA) is 104 Å². The molecule has 0 aliphatic heterocycles. The molecule has 1 heterocycles. The summed E-state index contributed by atoms with van der Waals surface area (Å²) in [6.07, 6.45) is 0.914. The lowest BCUT2D eigenvalue weighted by molar-refractivity contribution is 0.316. The quantitative estimate of drug-likeness (QED) is 0.570. The summed E-state index contributed by atoms with van der Waals surface area (Å²) in [6.45, 7) is 2.20. The molecule has 6 nitrogen and oxygen atoms in total. The number of hydrogen-bond donors (Lipinski definition) is 4. The van der Waals surface area contributed by atoms with Gasteiger partial charge in [-0.3, -0.25) is 0 Å². The smallest absolute Gasteiger partial charge is 0.323 e. The van der Waals surface area contributed by atoms with Gasteiger partial charge in [0, 0.05) is 25.7 Å². The minimum absolute atomic E-state index is 0.0218. The van der Waals surface area contributed by atoms with Crippen molar-refractivity contribution in [2.75, 3.05) is 26.7 Å². The molecule has 0 bridgehead atoms. The largest absolute Gasteiger partial charge is 0.329 e. The van der Waals surface area contributed by atoms with Crippen LogP contribution in [0.1, 0.15) is 5.56 Å². The maximum absolute atomic E-state index is 11.2. The summed E-state index contributed by atoms with van der Waals surface area (Å²) >= 11 is 0. The fraction of sp³-hybridized carbons (Fsp3) is 0.462. The molecule has 104 valence electrons. The molecule has 2 rings (SSSR count). The van der Waals surface area contributed by atoms with Gasteiger partial charge in [0.05, 0.1) is 11.0 Å². The van der Waals surface area contributed by atoms with E-state index in [1.165, 1.54) is 5.56 Å². The van der Waals surface area contributed by atoms with E-state index in [1.54, 1.807) is 0 Å². The lowest BCUT2D eigenvalue weighted by atomic mass is 10.1. The van der Waals surface area contributed by atoms with E-state index in [0.717, 1.165) is 30.5 Å². The summed E-state index contributed by atoms with van der Waals surface area (Å²) in [5, 5.41) is 0. The molecule has 1 unspecified atom stereocenters. The van der Waals surface area contributed by atoms with E-state index < -0.39 is 0 Å². The summed E-state index contributed by atoms with van der Waals surface area (Å²) in [6, 6.07) is 5.98. The summed E-state index contributed by atoms with van der Waals surface area (Å²) in [5.74, 6) is 0. The number of benzene rings is 1. The third kappa shape index (κ3) is 3.66. The van der Waals surface area contributed by atoms with Crippen LogP contribution < -0.4 is 17.2 Å². The molecule has 6 N–H and O–H groups in total. The summed E-state index contributed by atoms with van der Waals surface area (Å²) in [4.78, 5) is 18.8. The zero-order valence-electron chi connectivity index (χ0n) is 11.1. The normalized spacial score (nSPS) is 13.3. The first-order chi connectivity index (χ1) is 9.08. The van der Waals surface area contributed by atoms with E-state index in [1.807, 2.05) is 25.2 Å². The number of rotatable bonds is 6. The molecule has 0 radical (unpaired) electrons. The maximum atomic E-state index is 11.2. The molecular formula is C13H21N5O. The molecule has 0 saturated heterocycles. The van der Waals surface area contributed by atoms with Crippen LogP contribution in [0.25, 0.3) is 11.0 Å². The highest BCUT2D eigenvalue weighted by molar-refractivity contribution is 5.74. The Kier molecular flexibility index (Phi) is 4.36. The summed E-state index contributed by atoms with van der Waals surface area (Å²) < 4.78 is 0. The van der Waals surface area contributed by atoms with Gasteiger partial charge in [0.2, 0.25) is 0 Å². The van der Waals surface area contributed by atoms with Crippen molar-refractivity contribution in [1.82, 2.24) is 14.9 Å². The van der Waals surface area contributed by atoms with Gasteiger partial charge in [-0.05, 0) is 31.2 Å². The molecule has 0 saturated carbocycles. The monoisotopic (exact) mass is 263 g/mol. The van der Waals surface area contributed by atoms with Crippen LogP contribution in [0.15, 0.2) is 23.0 Å². The Bertz CT molecular complexity index is 588. The molecule has 1 aromatic heterocycles. The highest BCUT2D eigenvalue weighted by atomic mass is 16.1. The molecule has 0 fully saturated rings. The van der Waals surface area contributed by atoms with Crippen molar-refractivity contribution in [2.24, 2.45) is 11.5 Å². The number of likely N-dealkylation sites (N-methyl/N-ethyl adjacent to an activating group) is 1. The minimum atomic E-state index is -0.168. The van der Waals surface area contributed by atoms with Crippen LogP contribution in [0.3, 0.4) is 0 Å². The molecule has 19 heavy (non-hydrogen) atoms. The van der Waals surface area contributed by atoms with Crippen LogP contribution >= 0.6 is 0 Å². The molecule has 6 heteroatoms. The fourth-order valence-electron chi connectivity index (χ4n) is 2.12.